The van der Waals surface area contributed by atoms with Crippen LogP contribution < -0.4 is 10.6 Å². The fraction of sp³-hybridized carbons (Fsp3) is 0.375. The largest absolute Gasteiger partial charge is 0.326 e. The maximum atomic E-state index is 12.8. The van der Waals surface area contributed by atoms with E-state index in [-0.39, 0.29) is 21.9 Å². The summed E-state index contributed by atoms with van der Waals surface area (Å²) in [6, 6.07) is 5.75. The van der Waals surface area contributed by atoms with E-state index in [1.165, 1.54) is 45.0 Å². The molecular formula is C16H20N4O5S2. The van der Waals surface area contributed by atoms with Gasteiger partial charge in [-0.15, -0.1) is 5.10 Å². The number of hydrogen-bond acceptors (Lipinski definition) is 7. The van der Waals surface area contributed by atoms with Gasteiger partial charge in [-0.1, -0.05) is 11.8 Å². The highest BCUT2D eigenvalue weighted by atomic mass is 32.2. The van der Waals surface area contributed by atoms with Crippen LogP contribution in [-0.4, -0.2) is 46.9 Å². The monoisotopic (exact) mass is 412 g/mol. The van der Waals surface area contributed by atoms with E-state index in [4.69, 9.17) is 0 Å². The summed E-state index contributed by atoms with van der Waals surface area (Å²) in [5.41, 5.74) is 0.476. The molecule has 9 nitrogen and oxygen atoms in total. The lowest BCUT2D eigenvalue weighted by molar-refractivity contribution is -0.131. The first-order chi connectivity index (χ1) is 12.4. The van der Waals surface area contributed by atoms with Gasteiger partial charge in [0.25, 0.3) is 0 Å². The zero-order valence-corrected chi connectivity index (χ0v) is 16.9. The molecule has 0 radical (unpaired) electrons. The summed E-state index contributed by atoms with van der Waals surface area (Å²) in [6.07, 6.45) is 0. The van der Waals surface area contributed by atoms with E-state index in [2.05, 4.69) is 15.7 Å². The van der Waals surface area contributed by atoms with Crippen molar-refractivity contribution in [2.75, 3.05) is 11.1 Å². The lowest BCUT2D eigenvalue weighted by atomic mass is 10.3. The van der Waals surface area contributed by atoms with Crippen LogP contribution in [0.1, 0.15) is 27.7 Å². The highest BCUT2D eigenvalue weighted by molar-refractivity contribution is 8.15. The summed E-state index contributed by atoms with van der Waals surface area (Å²) in [5, 5.41) is 10.3. The first-order valence-electron chi connectivity index (χ1n) is 7.89. The Labute approximate surface area is 161 Å². The third-order valence-corrected chi connectivity index (χ3v) is 6.78. The van der Waals surface area contributed by atoms with Crippen molar-refractivity contribution in [1.29, 1.82) is 0 Å². The third-order valence-electron chi connectivity index (χ3n) is 3.53. The van der Waals surface area contributed by atoms with Crippen molar-refractivity contribution < 1.29 is 22.8 Å². The van der Waals surface area contributed by atoms with Crippen LogP contribution >= 0.6 is 11.8 Å². The van der Waals surface area contributed by atoms with Crippen molar-refractivity contribution in [3.63, 3.8) is 0 Å². The van der Waals surface area contributed by atoms with E-state index in [9.17, 15) is 22.8 Å². The first kappa shape index (κ1) is 20.9. The Morgan fingerprint density at radius 2 is 1.63 bits per heavy atom. The molecule has 0 bridgehead atoms. The zero-order chi connectivity index (χ0) is 20.4. The number of hydrazone groups is 1. The molecule has 0 aromatic heterocycles. The van der Waals surface area contributed by atoms with Gasteiger partial charge in [-0.05, 0) is 31.2 Å². The number of benzene rings is 1. The zero-order valence-electron chi connectivity index (χ0n) is 15.3. The Balaban J connectivity index is 2.26. The van der Waals surface area contributed by atoms with E-state index >= 15 is 0 Å². The van der Waals surface area contributed by atoms with Gasteiger partial charge < -0.3 is 10.6 Å². The number of nitrogens with one attached hydrogen (secondary N) is 2. The Morgan fingerprint density at radius 1 is 1.07 bits per heavy atom. The van der Waals surface area contributed by atoms with Gasteiger partial charge in [-0.2, -0.15) is 0 Å². The number of amidine groups is 1. The Hall–Kier alpha value is -2.40. The predicted molar refractivity (Wildman–Crippen MR) is 103 cm³/mol. The van der Waals surface area contributed by atoms with E-state index in [1.807, 2.05) is 0 Å². The molecule has 11 heteroatoms. The Morgan fingerprint density at radius 3 is 2.11 bits per heavy atom. The number of thioether (sulfide) groups is 1. The lowest BCUT2D eigenvalue weighted by Gasteiger charge is -2.30. The summed E-state index contributed by atoms with van der Waals surface area (Å²) in [7, 11) is -3.78. The summed E-state index contributed by atoms with van der Waals surface area (Å²) in [4.78, 5) is 33.1. The molecule has 1 aliphatic heterocycles. The second-order valence-corrected chi connectivity index (χ2v) is 9.62. The van der Waals surface area contributed by atoms with Crippen LogP contribution in [0.4, 0.5) is 5.69 Å². The minimum Gasteiger partial charge on any atom is -0.326 e. The molecule has 0 spiro atoms. The van der Waals surface area contributed by atoms with Gasteiger partial charge in [0, 0.05) is 26.5 Å². The van der Waals surface area contributed by atoms with Crippen molar-refractivity contribution >= 4 is 50.2 Å². The number of hydrogen-bond donors (Lipinski definition) is 2. The minimum atomic E-state index is -3.78. The third kappa shape index (κ3) is 5.07. The average Bonchev–Trinajstić information content (AvgIpc) is 2.81. The first-order valence-corrected chi connectivity index (χ1v) is 10.4. The van der Waals surface area contributed by atoms with Crippen LogP contribution in [0.5, 0.6) is 0 Å². The molecule has 0 saturated heterocycles. The van der Waals surface area contributed by atoms with Crippen LogP contribution in [0.3, 0.4) is 0 Å². The van der Waals surface area contributed by atoms with Crippen molar-refractivity contribution in [3.05, 3.63) is 24.3 Å². The smallest absolute Gasteiger partial charge is 0.240 e. The van der Waals surface area contributed by atoms with Crippen molar-refractivity contribution in [2.45, 2.75) is 37.5 Å². The standard InChI is InChI=1S/C16H20N4O5S2/c1-10(21)17-13-5-7-14(8-6-13)27(24,25)9-16(4)20(12(3)23)19-15(26-16)18-11(2)22/h5-8H,9H2,1-4H3,(H,17,21)(H,18,19,22). The van der Waals surface area contributed by atoms with E-state index in [0.29, 0.717) is 5.69 Å². The molecule has 1 atom stereocenters. The SMILES string of the molecule is CC(=O)NC1=NN(C(C)=O)C(C)(CS(=O)(=O)c2ccc(NC(C)=O)cc2)S1. The molecule has 0 fully saturated rings. The van der Waals surface area contributed by atoms with Gasteiger partial charge in [-0.3, -0.25) is 14.4 Å². The average molecular weight is 412 g/mol. The number of carbonyl (C=O) groups is 3. The molecule has 1 unspecified atom stereocenters. The fourth-order valence-corrected chi connectivity index (χ4v) is 5.78. The number of sulfone groups is 1. The summed E-state index contributed by atoms with van der Waals surface area (Å²) < 4.78 is 25.7. The number of nitrogens with zero attached hydrogens (tertiary/aromatic N) is 2. The summed E-state index contributed by atoms with van der Waals surface area (Å²) in [5.74, 6) is -1.48. The van der Waals surface area contributed by atoms with E-state index in [0.717, 1.165) is 16.8 Å². The Bertz CT molecular complexity index is 911. The molecule has 1 aromatic rings. The van der Waals surface area contributed by atoms with Crippen LogP contribution in [0, 0.1) is 0 Å². The van der Waals surface area contributed by atoms with Crippen LogP contribution in [0.15, 0.2) is 34.3 Å². The van der Waals surface area contributed by atoms with Crippen LogP contribution in [0.25, 0.3) is 0 Å². The Kier molecular flexibility index (Phi) is 5.95. The predicted octanol–water partition coefficient (Wildman–Crippen LogP) is 1.14. The van der Waals surface area contributed by atoms with Gasteiger partial charge in [-0.25, -0.2) is 13.4 Å². The normalized spacial score (nSPS) is 19.4. The van der Waals surface area contributed by atoms with Crippen molar-refractivity contribution in [1.82, 2.24) is 10.3 Å². The van der Waals surface area contributed by atoms with Gasteiger partial charge in [0.15, 0.2) is 15.0 Å². The molecule has 1 heterocycles. The quantitative estimate of drug-likeness (QED) is 0.764. The maximum absolute atomic E-state index is 12.8. The number of amides is 3. The highest BCUT2D eigenvalue weighted by Gasteiger charge is 2.46. The summed E-state index contributed by atoms with van der Waals surface area (Å²) >= 11 is 0.998. The van der Waals surface area contributed by atoms with Gasteiger partial charge in [0.2, 0.25) is 17.7 Å². The minimum absolute atomic E-state index is 0.0508. The number of rotatable bonds is 4. The second kappa shape index (κ2) is 7.69. The van der Waals surface area contributed by atoms with Crippen molar-refractivity contribution in [3.8, 4) is 0 Å². The molecule has 0 aliphatic carbocycles. The van der Waals surface area contributed by atoms with Gasteiger partial charge in [0.1, 0.15) is 4.87 Å². The van der Waals surface area contributed by atoms with Crippen LogP contribution in [0.2, 0.25) is 0 Å². The van der Waals surface area contributed by atoms with Gasteiger partial charge in [0.05, 0.1) is 10.6 Å². The highest BCUT2D eigenvalue weighted by Crippen LogP contribution is 2.38. The summed E-state index contributed by atoms with van der Waals surface area (Å²) in [6.45, 7) is 5.49. The molecule has 1 aliphatic rings. The molecule has 27 heavy (non-hydrogen) atoms. The molecular weight excluding hydrogens is 392 g/mol. The van der Waals surface area contributed by atoms with Crippen molar-refractivity contribution in [2.24, 2.45) is 5.10 Å². The number of anilines is 1. The molecule has 146 valence electrons. The fourth-order valence-electron chi connectivity index (χ4n) is 2.55. The van der Waals surface area contributed by atoms with Gasteiger partial charge >= 0.3 is 0 Å². The number of carbonyl (C=O) groups excluding carboxylic acids is 3. The lowest BCUT2D eigenvalue weighted by Crippen LogP contribution is -2.45. The maximum Gasteiger partial charge on any atom is 0.240 e. The molecule has 0 saturated carbocycles. The van der Waals surface area contributed by atoms with E-state index in [1.54, 1.807) is 6.92 Å². The molecule has 2 N–H and O–H groups in total. The molecule has 1 aromatic carbocycles. The molecule has 2 rings (SSSR count). The van der Waals surface area contributed by atoms with Crippen LogP contribution in [-0.2, 0) is 24.2 Å². The molecule has 3 amide bonds. The van der Waals surface area contributed by atoms with E-state index < -0.39 is 26.4 Å². The second-order valence-electron chi connectivity index (χ2n) is 6.16. The topological polar surface area (TPSA) is 125 Å².